The Balaban J connectivity index is 2.37. The van der Waals surface area contributed by atoms with Gasteiger partial charge in [-0.2, -0.15) is 0 Å². The smallest absolute Gasteiger partial charge is 0.220 e. The van der Waals surface area contributed by atoms with Crippen LogP contribution in [0.15, 0.2) is 0 Å². The van der Waals surface area contributed by atoms with E-state index in [4.69, 9.17) is 0 Å². The first-order valence-corrected chi connectivity index (χ1v) is 8.46. The van der Waals surface area contributed by atoms with E-state index in [0.717, 1.165) is 13.0 Å². The average Bonchev–Trinajstić information content (AvgIpc) is 2.23. The van der Waals surface area contributed by atoms with E-state index in [1.807, 2.05) is 0 Å². The molecule has 0 aliphatic carbocycles. The molecule has 0 radical (unpaired) electrons. The van der Waals surface area contributed by atoms with E-state index in [2.05, 4.69) is 58.8 Å². The lowest BCUT2D eigenvalue weighted by Crippen LogP contribution is -2.50. The largest absolute Gasteiger partial charge is 0.352 e. The monoisotopic (exact) mass is 296 g/mol. The van der Waals surface area contributed by atoms with Gasteiger partial charge in [0.05, 0.1) is 0 Å². The van der Waals surface area contributed by atoms with Crippen molar-refractivity contribution in [2.24, 2.45) is 10.8 Å². The van der Waals surface area contributed by atoms with Gasteiger partial charge in [0.15, 0.2) is 0 Å². The summed E-state index contributed by atoms with van der Waals surface area (Å²) >= 11 is 0. The molecule has 1 heterocycles. The highest BCUT2D eigenvalue weighted by Gasteiger charge is 2.28. The maximum atomic E-state index is 12.0. The summed E-state index contributed by atoms with van der Waals surface area (Å²) in [5, 5.41) is 3.22. The van der Waals surface area contributed by atoms with Crippen LogP contribution in [0.2, 0.25) is 0 Å². The molecule has 0 spiro atoms. The molecule has 1 fully saturated rings. The Hall–Kier alpha value is -0.570. The fourth-order valence-electron chi connectivity index (χ4n) is 3.04. The predicted octanol–water partition coefficient (Wildman–Crippen LogP) is 3.83. The Morgan fingerprint density at radius 3 is 2.19 bits per heavy atom. The van der Waals surface area contributed by atoms with Gasteiger partial charge in [0.2, 0.25) is 5.91 Å². The molecular formula is C18H36N2O. The SMILES string of the molecule is CN1CC(NC(=O)CC(C)(C)C)CCC1CCC(C)(C)C. The predicted molar refractivity (Wildman–Crippen MR) is 90.3 cm³/mol. The van der Waals surface area contributed by atoms with Gasteiger partial charge in [-0.15, -0.1) is 0 Å². The topological polar surface area (TPSA) is 32.3 Å². The van der Waals surface area contributed by atoms with Gasteiger partial charge >= 0.3 is 0 Å². The van der Waals surface area contributed by atoms with E-state index in [1.165, 1.54) is 19.3 Å². The summed E-state index contributed by atoms with van der Waals surface area (Å²) in [6.45, 7) is 14.3. The van der Waals surface area contributed by atoms with Crippen molar-refractivity contribution in [1.82, 2.24) is 10.2 Å². The lowest BCUT2D eigenvalue weighted by atomic mass is 9.85. The number of carbonyl (C=O) groups is 1. The molecule has 2 atom stereocenters. The minimum Gasteiger partial charge on any atom is -0.352 e. The van der Waals surface area contributed by atoms with Crippen LogP contribution < -0.4 is 5.32 Å². The summed E-state index contributed by atoms with van der Waals surface area (Å²) in [5.41, 5.74) is 0.485. The van der Waals surface area contributed by atoms with Crippen LogP contribution in [0.4, 0.5) is 0 Å². The number of piperidine rings is 1. The lowest BCUT2D eigenvalue weighted by molar-refractivity contribution is -0.124. The Morgan fingerprint density at radius 1 is 1.10 bits per heavy atom. The first-order chi connectivity index (χ1) is 9.46. The highest BCUT2D eigenvalue weighted by molar-refractivity contribution is 5.76. The summed E-state index contributed by atoms with van der Waals surface area (Å²) in [6, 6.07) is 1.01. The van der Waals surface area contributed by atoms with Gasteiger partial charge in [-0.25, -0.2) is 0 Å². The minimum atomic E-state index is 0.0693. The molecule has 1 aliphatic heterocycles. The number of hydrogen-bond acceptors (Lipinski definition) is 2. The average molecular weight is 296 g/mol. The Morgan fingerprint density at radius 2 is 1.71 bits per heavy atom. The van der Waals surface area contributed by atoms with E-state index in [1.54, 1.807) is 0 Å². The molecular weight excluding hydrogens is 260 g/mol. The van der Waals surface area contributed by atoms with Crippen molar-refractivity contribution in [3.63, 3.8) is 0 Å². The molecule has 0 aromatic carbocycles. The zero-order valence-electron chi connectivity index (χ0n) is 15.3. The number of likely N-dealkylation sites (tertiary alicyclic amines) is 1. The van der Waals surface area contributed by atoms with Gasteiger partial charge in [0.1, 0.15) is 0 Å². The van der Waals surface area contributed by atoms with Crippen LogP contribution >= 0.6 is 0 Å². The molecule has 124 valence electrons. The minimum absolute atomic E-state index is 0.0693. The molecule has 3 nitrogen and oxygen atoms in total. The standard InChI is InChI=1S/C18H36N2O/c1-17(2,3)11-10-15-9-8-14(13-20(15)7)19-16(21)12-18(4,5)6/h14-15H,8-13H2,1-7H3,(H,19,21). The molecule has 2 unspecified atom stereocenters. The molecule has 1 N–H and O–H groups in total. The molecule has 21 heavy (non-hydrogen) atoms. The van der Waals surface area contributed by atoms with Crippen LogP contribution in [-0.4, -0.2) is 36.5 Å². The number of nitrogens with one attached hydrogen (secondary N) is 1. The van der Waals surface area contributed by atoms with Gasteiger partial charge in [0, 0.05) is 25.0 Å². The Kier molecular flexibility index (Phi) is 6.27. The molecule has 1 amide bonds. The third-order valence-electron chi connectivity index (χ3n) is 4.26. The van der Waals surface area contributed by atoms with Gasteiger partial charge in [-0.1, -0.05) is 41.5 Å². The maximum absolute atomic E-state index is 12.0. The molecule has 3 heteroatoms. The molecule has 0 aromatic rings. The maximum Gasteiger partial charge on any atom is 0.220 e. The van der Waals surface area contributed by atoms with Crippen LogP contribution in [0.1, 0.15) is 73.6 Å². The van der Waals surface area contributed by atoms with Crippen molar-refractivity contribution in [2.45, 2.75) is 85.7 Å². The van der Waals surface area contributed by atoms with E-state index in [9.17, 15) is 4.79 Å². The quantitative estimate of drug-likeness (QED) is 0.855. The number of amides is 1. The van der Waals surface area contributed by atoms with E-state index in [-0.39, 0.29) is 11.3 Å². The lowest BCUT2D eigenvalue weighted by Gasteiger charge is -2.38. The summed E-state index contributed by atoms with van der Waals surface area (Å²) in [5.74, 6) is 0.203. The molecule has 1 saturated heterocycles. The normalized spacial score (nSPS) is 24.9. The molecule has 1 aliphatic rings. The zero-order chi connectivity index (χ0) is 16.3. The van der Waals surface area contributed by atoms with Crippen molar-refractivity contribution in [3.05, 3.63) is 0 Å². The van der Waals surface area contributed by atoms with Crippen molar-refractivity contribution in [2.75, 3.05) is 13.6 Å². The highest BCUT2D eigenvalue weighted by Crippen LogP contribution is 2.27. The van der Waals surface area contributed by atoms with Gasteiger partial charge in [-0.3, -0.25) is 4.79 Å². The highest BCUT2D eigenvalue weighted by atomic mass is 16.1. The fraction of sp³-hybridized carbons (Fsp3) is 0.944. The van der Waals surface area contributed by atoms with E-state index < -0.39 is 0 Å². The second-order valence-electron chi connectivity index (χ2n) is 9.27. The Bertz CT molecular complexity index is 338. The summed E-state index contributed by atoms with van der Waals surface area (Å²) in [7, 11) is 2.20. The Labute approximate surface area is 131 Å². The number of carbonyl (C=O) groups excluding carboxylic acids is 1. The first-order valence-electron chi connectivity index (χ1n) is 8.46. The van der Waals surface area contributed by atoms with Crippen LogP contribution in [0.5, 0.6) is 0 Å². The summed E-state index contributed by atoms with van der Waals surface area (Å²) in [4.78, 5) is 14.5. The van der Waals surface area contributed by atoms with Gasteiger partial charge < -0.3 is 10.2 Å². The van der Waals surface area contributed by atoms with Gasteiger partial charge in [0.25, 0.3) is 0 Å². The molecule has 0 bridgehead atoms. The number of likely N-dealkylation sites (N-methyl/N-ethyl adjacent to an activating group) is 1. The second kappa shape index (κ2) is 7.13. The first kappa shape index (κ1) is 18.5. The molecule has 1 rings (SSSR count). The van der Waals surface area contributed by atoms with Crippen molar-refractivity contribution < 1.29 is 4.79 Å². The van der Waals surface area contributed by atoms with Crippen LogP contribution in [0.25, 0.3) is 0 Å². The zero-order valence-corrected chi connectivity index (χ0v) is 15.3. The van der Waals surface area contributed by atoms with E-state index in [0.29, 0.717) is 23.9 Å². The molecule has 0 saturated carbocycles. The van der Waals surface area contributed by atoms with Crippen LogP contribution in [0.3, 0.4) is 0 Å². The molecule has 0 aromatic heterocycles. The summed E-state index contributed by atoms with van der Waals surface area (Å²) < 4.78 is 0. The third kappa shape index (κ3) is 7.85. The van der Waals surface area contributed by atoms with Crippen LogP contribution in [0, 0.1) is 10.8 Å². The van der Waals surface area contributed by atoms with Crippen molar-refractivity contribution in [3.8, 4) is 0 Å². The summed E-state index contributed by atoms with van der Waals surface area (Å²) in [6.07, 6.45) is 5.47. The van der Waals surface area contributed by atoms with Gasteiger partial charge in [-0.05, 0) is 43.6 Å². The number of nitrogens with zero attached hydrogens (tertiary/aromatic N) is 1. The number of rotatable bonds is 4. The van der Waals surface area contributed by atoms with Crippen LogP contribution in [-0.2, 0) is 4.79 Å². The second-order valence-corrected chi connectivity index (χ2v) is 9.27. The fourth-order valence-corrected chi connectivity index (χ4v) is 3.04. The van der Waals surface area contributed by atoms with Crippen molar-refractivity contribution in [1.29, 1.82) is 0 Å². The number of hydrogen-bond donors (Lipinski definition) is 1. The van der Waals surface area contributed by atoms with E-state index >= 15 is 0 Å². The van der Waals surface area contributed by atoms with Crippen molar-refractivity contribution >= 4 is 5.91 Å². The third-order valence-corrected chi connectivity index (χ3v) is 4.26.